The van der Waals surface area contributed by atoms with Gasteiger partial charge in [0.25, 0.3) is 0 Å². The molecule has 2 atom stereocenters. The average Bonchev–Trinajstić information content (AvgIpc) is 2.88. The molecule has 3 aromatic rings. The van der Waals surface area contributed by atoms with Gasteiger partial charge in [0.1, 0.15) is 5.75 Å². The molecule has 0 aliphatic carbocycles. The van der Waals surface area contributed by atoms with Crippen LogP contribution < -0.4 is 4.74 Å². The topological polar surface area (TPSA) is 62.7 Å². The first kappa shape index (κ1) is 26.9. The minimum atomic E-state index is -4.34. The summed E-state index contributed by atoms with van der Waals surface area (Å²) in [7, 11) is 1.64. The molecule has 0 unspecified atom stereocenters. The fourth-order valence-corrected chi connectivity index (χ4v) is 5.39. The van der Waals surface area contributed by atoms with Crippen LogP contribution in [0.2, 0.25) is 0 Å². The highest BCUT2D eigenvalue weighted by atomic mass is 19.4. The minimum Gasteiger partial charge on any atom is -0.497 e. The van der Waals surface area contributed by atoms with Crippen LogP contribution in [0.4, 0.5) is 13.2 Å². The summed E-state index contributed by atoms with van der Waals surface area (Å²) in [6.07, 6.45) is 2.07. The summed E-state index contributed by atoms with van der Waals surface area (Å²) in [6, 6.07) is 13.3. The third kappa shape index (κ3) is 7.01. The van der Waals surface area contributed by atoms with Crippen molar-refractivity contribution in [3.05, 3.63) is 71.4 Å². The number of halogens is 3. The van der Waals surface area contributed by atoms with Crippen molar-refractivity contribution < 1.29 is 27.8 Å². The van der Waals surface area contributed by atoms with Gasteiger partial charge in [0.2, 0.25) is 0 Å². The highest BCUT2D eigenvalue weighted by Gasteiger charge is 2.34. The van der Waals surface area contributed by atoms with Crippen molar-refractivity contribution in [2.45, 2.75) is 44.7 Å². The molecule has 1 aromatic heterocycles. The molecule has 198 valence electrons. The predicted molar refractivity (Wildman–Crippen MR) is 137 cm³/mol. The number of pyridine rings is 1. The van der Waals surface area contributed by atoms with Crippen molar-refractivity contribution in [3.8, 4) is 5.75 Å². The third-order valence-electron chi connectivity index (χ3n) is 7.41. The molecular formula is C29H33F3N2O3. The summed E-state index contributed by atoms with van der Waals surface area (Å²) in [6.45, 7) is 1.97. The van der Waals surface area contributed by atoms with E-state index in [1.807, 2.05) is 30.5 Å². The van der Waals surface area contributed by atoms with E-state index in [4.69, 9.17) is 4.74 Å². The van der Waals surface area contributed by atoms with E-state index in [0.29, 0.717) is 31.5 Å². The van der Waals surface area contributed by atoms with Crippen molar-refractivity contribution in [2.75, 3.05) is 26.7 Å². The number of hydrogen-bond donors (Lipinski definition) is 1. The molecule has 4 rings (SSSR count). The number of carbonyl (C=O) groups is 1. The number of piperidine rings is 1. The molecule has 5 nitrogen and oxygen atoms in total. The molecule has 2 heterocycles. The lowest BCUT2D eigenvalue weighted by Gasteiger charge is -2.36. The van der Waals surface area contributed by atoms with Gasteiger partial charge < -0.3 is 14.7 Å². The molecule has 0 bridgehead atoms. The van der Waals surface area contributed by atoms with E-state index in [1.54, 1.807) is 13.2 Å². The Bertz CT molecular complexity index is 1210. The smallest absolute Gasteiger partial charge is 0.416 e. The van der Waals surface area contributed by atoms with Gasteiger partial charge in [-0.3, -0.25) is 9.78 Å². The maximum atomic E-state index is 12.9. The van der Waals surface area contributed by atoms with Crippen LogP contribution in [0.5, 0.6) is 5.75 Å². The van der Waals surface area contributed by atoms with E-state index in [1.165, 1.54) is 17.7 Å². The first-order valence-electron chi connectivity index (χ1n) is 12.8. The van der Waals surface area contributed by atoms with Crippen LogP contribution in [0.3, 0.4) is 0 Å². The second kappa shape index (κ2) is 11.9. The fraction of sp³-hybridized carbons (Fsp3) is 0.448. The molecule has 2 aromatic carbocycles. The Kier molecular flexibility index (Phi) is 8.69. The summed E-state index contributed by atoms with van der Waals surface area (Å²) in [5.41, 5.74) is 2.12. The molecule has 0 saturated carbocycles. The monoisotopic (exact) mass is 514 g/mol. The minimum absolute atomic E-state index is 0.111. The van der Waals surface area contributed by atoms with E-state index in [0.717, 1.165) is 54.9 Å². The lowest BCUT2D eigenvalue weighted by Crippen LogP contribution is -2.44. The number of rotatable bonds is 10. The van der Waals surface area contributed by atoms with Gasteiger partial charge in [-0.2, -0.15) is 13.2 Å². The van der Waals surface area contributed by atoms with E-state index in [-0.39, 0.29) is 5.92 Å². The zero-order valence-corrected chi connectivity index (χ0v) is 21.0. The number of carboxylic acids is 1. The number of aromatic nitrogens is 1. The van der Waals surface area contributed by atoms with Crippen LogP contribution in [0.15, 0.2) is 54.7 Å². The van der Waals surface area contributed by atoms with Crippen molar-refractivity contribution in [1.82, 2.24) is 9.88 Å². The SMILES string of the molecule is COc1ccc2nccc(CCC[C@@H]3CCN(CCCc4cccc(C(F)(F)F)c4)C[C@@H]3C(=O)O)c2c1. The quantitative estimate of drug-likeness (QED) is 0.347. The lowest BCUT2D eigenvalue weighted by atomic mass is 9.81. The predicted octanol–water partition coefficient (Wildman–Crippen LogP) is 6.24. The lowest BCUT2D eigenvalue weighted by molar-refractivity contribution is -0.146. The Balaban J connectivity index is 1.28. The number of aryl methyl sites for hydroxylation is 2. The van der Waals surface area contributed by atoms with Gasteiger partial charge in [-0.1, -0.05) is 18.2 Å². The third-order valence-corrected chi connectivity index (χ3v) is 7.41. The Morgan fingerprint density at radius 3 is 2.73 bits per heavy atom. The van der Waals surface area contributed by atoms with E-state index < -0.39 is 23.6 Å². The molecule has 0 spiro atoms. The van der Waals surface area contributed by atoms with Crippen LogP contribution in [0, 0.1) is 11.8 Å². The number of methoxy groups -OCH3 is 1. The number of hydrogen-bond acceptors (Lipinski definition) is 4. The zero-order valence-electron chi connectivity index (χ0n) is 21.0. The van der Waals surface area contributed by atoms with Crippen LogP contribution in [-0.2, 0) is 23.8 Å². The van der Waals surface area contributed by atoms with Gasteiger partial charge >= 0.3 is 12.1 Å². The van der Waals surface area contributed by atoms with Gasteiger partial charge in [0, 0.05) is 18.1 Å². The zero-order chi connectivity index (χ0) is 26.4. The first-order chi connectivity index (χ1) is 17.7. The van der Waals surface area contributed by atoms with Crippen molar-refractivity contribution >= 4 is 16.9 Å². The maximum Gasteiger partial charge on any atom is 0.416 e. The number of alkyl halides is 3. The van der Waals surface area contributed by atoms with Crippen molar-refractivity contribution in [2.24, 2.45) is 11.8 Å². The number of fused-ring (bicyclic) bond motifs is 1. The fourth-order valence-electron chi connectivity index (χ4n) is 5.39. The van der Waals surface area contributed by atoms with Crippen LogP contribution in [0.1, 0.15) is 42.4 Å². The maximum absolute atomic E-state index is 12.9. The summed E-state index contributed by atoms with van der Waals surface area (Å²) in [5, 5.41) is 11.0. The normalized spacial score (nSPS) is 18.7. The number of carboxylic acid groups (broad SMARTS) is 1. The molecule has 0 amide bonds. The van der Waals surface area contributed by atoms with Gasteiger partial charge in [0.15, 0.2) is 0 Å². The van der Waals surface area contributed by atoms with E-state index >= 15 is 0 Å². The van der Waals surface area contributed by atoms with Crippen molar-refractivity contribution in [3.63, 3.8) is 0 Å². The number of aliphatic carboxylic acids is 1. The number of likely N-dealkylation sites (tertiary alicyclic amines) is 1. The molecule has 1 aliphatic heterocycles. The summed E-state index contributed by atoms with van der Waals surface area (Å²) in [4.78, 5) is 18.6. The number of ether oxygens (including phenoxy) is 1. The second-order valence-electron chi connectivity index (χ2n) is 9.84. The highest BCUT2D eigenvalue weighted by molar-refractivity contribution is 5.83. The summed E-state index contributed by atoms with van der Waals surface area (Å²) < 4.78 is 44.2. The van der Waals surface area contributed by atoms with Gasteiger partial charge in [-0.25, -0.2) is 0 Å². The van der Waals surface area contributed by atoms with E-state index in [2.05, 4.69) is 9.88 Å². The van der Waals surface area contributed by atoms with Crippen molar-refractivity contribution in [1.29, 1.82) is 0 Å². The van der Waals surface area contributed by atoms with Gasteiger partial charge in [-0.15, -0.1) is 0 Å². The molecule has 1 fully saturated rings. The number of benzene rings is 2. The molecule has 8 heteroatoms. The first-order valence-corrected chi connectivity index (χ1v) is 12.8. The largest absolute Gasteiger partial charge is 0.497 e. The van der Waals surface area contributed by atoms with Crippen LogP contribution >= 0.6 is 0 Å². The Morgan fingerprint density at radius 1 is 1.14 bits per heavy atom. The summed E-state index contributed by atoms with van der Waals surface area (Å²) in [5.74, 6) is -0.309. The molecule has 37 heavy (non-hydrogen) atoms. The van der Waals surface area contributed by atoms with Gasteiger partial charge in [-0.05, 0) is 99.0 Å². The molecule has 1 aliphatic rings. The Hall–Kier alpha value is -3.13. The molecule has 1 saturated heterocycles. The second-order valence-corrected chi connectivity index (χ2v) is 9.84. The molecule has 0 radical (unpaired) electrons. The van der Waals surface area contributed by atoms with E-state index in [9.17, 15) is 23.1 Å². The van der Waals surface area contributed by atoms with Crippen LogP contribution in [-0.4, -0.2) is 47.7 Å². The highest BCUT2D eigenvalue weighted by Crippen LogP contribution is 2.31. The van der Waals surface area contributed by atoms with Crippen LogP contribution in [0.25, 0.3) is 10.9 Å². The standard InChI is InChI=1S/C29H33F3N2O3/c1-37-24-10-11-27-25(18-24)21(12-14-33-27)7-3-8-22-13-16-34(19-26(22)28(35)36)15-4-6-20-5-2-9-23(17-20)29(30,31)32/h2,5,9-12,14,17-18,22,26H,3-4,6-8,13,15-16,19H2,1H3,(H,35,36)/t22-,26+/m1/s1. The Morgan fingerprint density at radius 2 is 1.97 bits per heavy atom. The Labute approximate surface area is 215 Å². The molecular weight excluding hydrogens is 481 g/mol. The van der Waals surface area contributed by atoms with Gasteiger partial charge in [0.05, 0.1) is 24.1 Å². The summed E-state index contributed by atoms with van der Waals surface area (Å²) >= 11 is 0. The average molecular weight is 515 g/mol. The molecule has 1 N–H and O–H groups in total. The number of nitrogens with zero attached hydrogens (tertiary/aromatic N) is 2.